The number of unbranched alkanes of at least 4 members (excludes halogenated alkanes) is 1. The third kappa shape index (κ3) is 22.2. The van der Waals surface area contributed by atoms with Crippen LogP contribution in [0.5, 0.6) is 0 Å². The zero-order valence-corrected chi connectivity index (χ0v) is 36.1. The summed E-state index contributed by atoms with van der Waals surface area (Å²) in [4.78, 5) is 37.2. The van der Waals surface area contributed by atoms with Crippen molar-refractivity contribution < 1.29 is 18.8 Å². The lowest BCUT2D eigenvalue weighted by Crippen LogP contribution is -2.23. The summed E-state index contributed by atoms with van der Waals surface area (Å²) in [6.07, 6.45) is 9.74. The van der Waals surface area contributed by atoms with Crippen molar-refractivity contribution in [1.82, 2.24) is 15.2 Å². The van der Waals surface area contributed by atoms with Gasteiger partial charge < -0.3 is 20.3 Å². The molecule has 0 spiro atoms. The number of aromatic nitrogens is 1. The van der Waals surface area contributed by atoms with Crippen molar-refractivity contribution in [2.75, 3.05) is 19.4 Å². The van der Waals surface area contributed by atoms with Gasteiger partial charge in [-0.1, -0.05) is 127 Å². The monoisotopic (exact) mass is 784 g/mol. The molecule has 2 amide bonds. The molecule has 0 saturated carbocycles. The smallest absolute Gasteiger partial charge is 0.256 e. The number of carbonyl (C=O) groups is 3. The maximum Gasteiger partial charge on any atom is 0.256 e. The van der Waals surface area contributed by atoms with Crippen LogP contribution in [0.25, 0.3) is 21.3 Å². The van der Waals surface area contributed by atoms with E-state index in [1.807, 2.05) is 140 Å². The van der Waals surface area contributed by atoms with Gasteiger partial charge in [0.2, 0.25) is 6.41 Å². The van der Waals surface area contributed by atoms with Gasteiger partial charge in [0.05, 0.1) is 15.7 Å². The molecule has 0 aliphatic heterocycles. The second-order valence-corrected chi connectivity index (χ2v) is 12.4. The number of hydrogen-bond acceptors (Lipinski definition) is 6. The summed E-state index contributed by atoms with van der Waals surface area (Å²) in [6, 6.07) is 28.5. The molecule has 7 nitrogen and oxygen atoms in total. The summed E-state index contributed by atoms with van der Waals surface area (Å²) in [7, 11) is 3.98. The molecule has 304 valence electrons. The third-order valence-corrected chi connectivity index (χ3v) is 7.96. The SMILES string of the molecule is C=C/C=C\CCCC(C)NC=O.C=O.CC.CC.CC.CN(C)Cc1ccc(F)cc1.Cc1ccc(-c2ccccc2C(=O)Nc2ccc3ncsc3c2)cc1. The van der Waals surface area contributed by atoms with Crippen molar-refractivity contribution in [1.29, 1.82) is 0 Å². The van der Waals surface area contributed by atoms with E-state index in [9.17, 15) is 14.0 Å². The first kappa shape index (κ1) is 52.9. The molecule has 5 rings (SSSR count). The van der Waals surface area contributed by atoms with Crippen LogP contribution in [0.4, 0.5) is 10.1 Å². The summed E-state index contributed by atoms with van der Waals surface area (Å²) >= 11 is 1.56. The number of nitrogens with one attached hydrogen (secondary N) is 2. The first-order valence-corrected chi connectivity index (χ1v) is 20.0. The molecule has 1 heterocycles. The number of anilines is 1. The molecule has 0 bridgehead atoms. The van der Waals surface area contributed by atoms with Gasteiger partial charge in [0.1, 0.15) is 12.6 Å². The molecule has 5 aromatic rings. The number of amides is 2. The van der Waals surface area contributed by atoms with E-state index in [0.717, 1.165) is 64.8 Å². The Labute approximate surface area is 340 Å². The van der Waals surface area contributed by atoms with Gasteiger partial charge in [-0.05, 0) is 100 Å². The minimum atomic E-state index is -0.174. The number of thiazole rings is 1. The van der Waals surface area contributed by atoms with Crippen molar-refractivity contribution in [3.63, 3.8) is 0 Å². The maximum absolute atomic E-state index is 12.8. The van der Waals surface area contributed by atoms with Crippen molar-refractivity contribution in [3.05, 3.63) is 144 Å². The van der Waals surface area contributed by atoms with E-state index >= 15 is 0 Å². The summed E-state index contributed by atoms with van der Waals surface area (Å²) in [5.74, 6) is -0.285. The number of fused-ring (bicyclic) bond motifs is 1. The molecular formula is C47H65FN4O3S. The molecule has 0 saturated heterocycles. The quantitative estimate of drug-likeness (QED) is 0.0747. The number of benzene rings is 4. The van der Waals surface area contributed by atoms with Gasteiger partial charge in [-0.2, -0.15) is 0 Å². The molecule has 0 radical (unpaired) electrons. The average Bonchev–Trinajstić information content (AvgIpc) is 3.71. The van der Waals surface area contributed by atoms with E-state index in [-0.39, 0.29) is 11.7 Å². The lowest BCUT2D eigenvalue weighted by Gasteiger charge is -2.11. The van der Waals surface area contributed by atoms with E-state index < -0.39 is 0 Å². The predicted octanol–water partition coefficient (Wildman–Crippen LogP) is 12.3. The highest BCUT2D eigenvalue weighted by Gasteiger charge is 2.13. The summed E-state index contributed by atoms with van der Waals surface area (Å²) in [5.41, 5.74) is 8.50. The lowest BCUT2D eigenvalue weighted by molar-refractivity contribution is -0.110. The summed E-state index contributed by atoms with van der Waals surface area (Å²) in [6.45, 7) is 22.5. The Morgan fingerprint density at radius 3 is 2.12 bits per heavy atom. The van der Waals surface area contributed by atoms with Crippen molar-refractivity contribution in [3.8, 4) is 11.1 Å². The van der Waals surface area contributed by atoms with Crippen molar-refractivity contribution in [2.45, 2.75) is 87.2 Å². The topological polar surface area (TPSA) is 91.4 Å². The van der Waals surface area contributed by atoms with E-state index in [4.69, 9.17) is 4.79 Å². The van der Waals surface area contributed by atoms with Crippen LogP contribution in [0.3, 0.4) is 0 Å². The van der Waals surface area contributed by atoms with Gasteiger partial charge in [0, 0.05) is 23.8 Å². The van der Waals surface area contributed by atoms with Gasteiger partial charge in [-0.25, -0.2) is 9.37 Å². The van der Waals surface area contributed by atoms with E-state index in [2.05, 4.69) is 47.3 Å². The molecule has 1 unspecified atom stereocenters. The molecule has 9 heteroatoms. The number of hydrogen-bond donors (Lipinski definition) is 2. The molecular weight excluding hydrogens is 720 g/mol. The highest BCUT2D eigenvalue weighted by atomic mass is 32.1. The van der Waals surface area contributed by atoms with Crippen LogP contribution in [0.2, 0.25) is 0 Å². The largest absolute Gasteiger partial charge is 0.356 e. The fraction of sp³-hybridized carbons (Fsp3) is 0.319. The molecule has 1 atom stereocenters. The number of halogens is 1. The Kier molecular flexibility index (Phi) is 32.3. The number of allylic oxidation sites excluding steroid dienone is 3. The zero-order chi connectivity index (χ0) is 42.7. The molecule has 2 N–H and O–H groups in total. The van der Waals surface area contributed by atoms with Crippen molar-refractivity contribution in [2.24, 2.45) is 0 Å². The van der Waals surface area contributed by atoms with Crippen LogP contribution in [-0.4, -0.2) is 49.1 Å². The molecule has 0 aliphatic rings. The van der Waals surface area contributed by atoms with E-state index in [0.29, 0.717) is 11.6 Å². The van der Waals surface area contributed by atoms with Crippen LogP contribution in [-0.2, 0) is 16.1 Å². The van der Waals surface area contributed by atoms with E-state index in [1.54, 1.807) is 29.5 Å². The molecule has 56 heavy (non-hydrogen) atoms. The second kappa shape index (κ2) is 34.3. The molecule has 0 aliphatic carbocycles. The van der Waals surface area contributed by atoms with Gasteiger partial charge in [-0.3, -0.25) is 9.59 Å². The molecule has 4 aromatic carbocycles. The second-order valence-electron chi connectivity index (χ2n) is 11.5. The Hall–Kier alpha value is -5.25. The first-order valence-electron chi connectivity index (χ1n) is 19.2. The molecule has 0 fully saturated rings. The first-order chi connectivity index (χ1) is 27.2. The minimum Gasteiger partial charge on any atom is -0.356 e. The summed E-state index contributed by atoms with van der Waals surface area (Å²) in [5, 5.41) is 5.71. The Morgan fingerprint density at radius 2 is 1.54 bits per heavy atom. The summed E-state index contributed by atoms with van der Waals surface area (Å²) < 4.78 is 13.5. The van der Waals surface area contributed by atoms with Crippen LogP contribution < -0.4 is 10.6 Å². The van der Waals surface area contributed by atoms with Crippen molar-refractivity contribution >= 4 is 46.3 Å². The average molecular weight is 785 g/mol. The fourth-order valence-electron chi connectivity index (χ4n) is 4.69. The standard InChI is InChI=1S/C21H16N2OS.C10H17NO.C9H12FN.3C2H6.CH2O/c1-14-6-8-15(9-7-14)17-4-2-3-5-18(17)21(24)23-16-10-11-19-20(12-16)25-13-22-19;1-3-4-5-6-7-8-10(2)11-9-12;1-11(2)7-8-3-5-9(10)6-4-8;4*1-2/h2-13H,1H3,(H,23,24);3-5,9-10H,1,6-8H2,2H3,(H,11,12);3-6H,7H2,1-2H3;3*1-2H3;1H2/b;5-4-;;;;;. The van der Waals surface area contributed by atoms with Crippen LogP contribution in [0.1, 0.15) is 89.2 Å². The fourth-order valence-corrected chi connectivity index (χ4v) is 5.40. The number of nitrogens with zero attached hydrogens (tertiary/aromatic N) is 2. The number of aryl methyl sites for hydroxylation is 1. The minimum absolute atomic E-state index is 0.111. The van der Waals surface area contributed by atoms with E-state index in [1.165, 1.54) is 17.7 Å². The third-order valence-electron chi connectivity index (χ3n) is 7.17. The lowest BCUT2D eigenvalue weighted by atomic mass is 9.98. The van der Waals surface area contributed by atoms with Gasteiger partial charge >= 0.3 is 0 Å². The highest BCUT2D eigenvalue weighted by Crippen LogP contribution is 2.26. The van der Waals surface area contributed by atoms with Crippen LogP contribution >= 0.6 is 11.3 Å². The number of rotatable bonds is 12. The maximum atomic E-state index is 12.8. The van der Waals surface area contributed by atoms with Crippen LogP contribution in [0.15, 0.2) is 121 Å². The normalized spacial score (nSPS) is 10.0. The highest BCUT2D eigenvalue weighted by molar-refractivity contribution is 7.16. The Morgan fingerprint density at radius 1 is 0.911 bits per heavy atom. The van der Waals surface area contributed by atoms with Gasteiger partial charge in [-0.15, -0.1) is 11.3 Å². The van der Waals surface area contributed by atoms with Crippen LogP contribution in [0, 0.1) is 12.7 Å². The predicted molar refractivity (Wildman–Crippen MR) is 241 cm³/mol. The Balaban J connectivity index is 0. The molecule has 1 aromatic heterocycles. The Bertz CT molecular complexity index is 1770. The van der Waals surface area contributed by atoms with Gasteiger partial charge in [0.15, 0.2) is 0 Å². The number of carbonyl (C=O) groups excluding carboxylic acids is 3. The zero-order valence-electron chi connectivity index (χ0n) is 35.3. The van der Waals surface area contributed by atoms with Gasteiger partial charge in [0.25, 0.3) is 5.91 Å².